The van der Waals surface area contributed by atoms with Crippen molar-refractivity contribution in [2.45, 2.75) is 19.8 Å². The number of aryl methyl sites for hydroxylation is 1. The fourth-order valence-electron chi connectivity index (χ4n) is 1.71. The van der Waals surface area contributed by atoms with E-state index in [4.69, 9.17) is 0 Å². The molecule has 0 aliphatic carbocycles. The molecule has 0 aromatic carbocycles. The molecule has 0 bridgehead atoms. The van der Waals surface area contributed by atoms with Crippen molar-refractivity contribution in [1.82, 2.24) is 14.7 Å². The van der Waals surface area contributed by atoms with E-state index in [0.717, 1.165) is 23.4 Å². The van der Waals surface area contributed by atoms with E-state index in [9.17, 15) is 0 Å². The Kier molecular flexibility index (Phi) is 3.31. The molecule has 1 atom stereocenters. The number of anilines is 1. The number of rotatable bonds is 4. The van der Waals surface area contributed by atoms with Gasteiger partial charge in [0, 0.05) is 18.1 Å². The van der Waals surface area contributed by atoms with Crippen molar-refractivity contribution >= 4 is 16.7 Å². The van der Waals surface area contributed by atoms with Crippen molar-refractivity contribution in [2.24, 2.45) is 5.92 Å². The Bertz CT molecular complexity index is 280. The summed E-state index contributed by atoms with van der Waals surface area (Å²) in [5, 5.41) is 7.63. The van der Waals surface area contributed by atoms with Crippen LogP contribution in [0, 0.1) is 12.8 Å². The largest absolute Gasteiger partial charge is 0.360 e. The van der Waals surface area contributed by atoms with E-state index in [1.165, 1.54) is 37.5 Å². The Hall–Kier alpha value is -0.680. The third-order valence-electron chi connectivity index (χ3n) is 2.52. The Labute approximate surface area is 88.3 Å². The van der Waals surface area contributed by atoms with Crippen LogP contribution < -0.4 is 10.6 Å². The second kappa shape index (κ2) is 4.70. The maximum absolute atomic E-state index is 4.26. The maximum Gasteiger partial charge on any atom is 0.202 e. The molecular formula is C9H16N4S. The smallest absolute Gasteiger partial charge is 0.202 e. The Balaban J connectivity index is 1.67. The lowest BCUT2D eigenvalue weighted by atomic mass is 10.1. The second-order valence-electron chi connectivity index (χ2n) is 3.72. The van der Waals surface area contributed by atoms with Gasteiger partial charge in [0.1, 0.15) is 5.82 Å². The molecule has 5 heteroatoms. The fraction of sp³-hybridized carbons (Fsp3) is 0.778. The second-order valence-corrected chi connectivity index (χ2v) is 4.47. The van der Waals surface area contributed by atoms with Crippen LogP contribution in [-0.2, 0) is 0 Å². The lowest BCUT2D eigenvalue weighted by molar-refractivity contribution is 0.549. The summed E-state index contributed by atoms with van der Waals surface area (Å²) >= 11 is 1.44. The van der Waals surface area contributed by atoms with Crippen molar-refractivity contribution in [3.05, 3.63) is 5.82 Å². The molecule has 0 radical (unpaired) electrons. The molecule has 4 nitrogen and oxygen atoms in total. The van der Waals surface area contributed by atoms with Crippen LogP contribution >= 0.6 is 11.5 Å². The molecule has 1 saturated heterocycles. The van der Waals surface area contributed by atoms with Crippen LogP contribution in [0.4, 0.5) is 5.13 Å². The maximum atomic E-state index is 4.26. The molecule has 1 aliphatic heterocycles. The standard InChI is InChI=1S/C9H16N4S/c1-7-12-9(14-13-7)11-5-3-8-2-4-10-6-8/h8,10H,2-6H2,1H3,(H,11,12,13). The van der Waals surface area contributed by atoms with Crippen molar-refractivity contribution in [1.29, 1.82) is 0 Å². The molecule has 2 heterocycles. The summed E-state index contributed by atoms with van der Waals surface area (Å²) in [6, 6.07) is 0. The van der Waals surface area contributed by atoms with Crippen molar-refractivity contribution < 1.29 is 0 Å². The molecule has 1 aliphatic rings. The van der Waals surface area contributed by atoms with E-state index in [1.54, 1.807) is 0 Å². The van der Waals surface area contributed by atoms with Crippen LogP contribution in [0.25, 0.3) is 0 Å². The SMILES string of the molecule is Cc1nsc(NCCC2CCNC2)n1. The normalized spacial score (nSPS) is 21.4. The Morgan fingerprint density at radius 2 is 2.57 bits per heavy atom. The minimum Gasteiger partial charge on any atom is -0.360 e. The molecular weight excluding hydrogens is 196 g/mol. The molecule has 14 heavy (non-hydrogen) atoms. The minimum atomic E-state index is 0.844. The van der Waals surface area contributed by atoms with Crippen LogP contribution in [-0.4, -0.2) is 29.0 Å². The van der Waals surface area contributed by atoms with Gasteiger partial charge in [-0.2, -0.15) is 4.37 Å². The van der Waals surface area contributed by atoms with Crippen molar-refractivity contribution in [2.75, 3.05) is 25.0 Å². The van der Waals surface area contributed by atoms with Crippen LogP contribution in [0.5, 0.6) is 0 Å². The molecule has 0 spiro atoms. The highest BCUT2D eigenvalue weighted by Gasteiger charge is 2.13. The third kappa shape index (κ3) is 2.65. The van der Waals surface area contributed by atoms with Gasteiger partial charge in [0.05, 0.1) is 0 Å². The summed E-state index contributed by atoms with van der Waals surface area (Å²) in [6.07, 6.45) is 2.54. The van der Waals surface area contributed by atoms with Gasteiger partial charge in [-0.05, 0) is 38.8 Å². The van der Waals surface area contributed by atoms with E-state index in [-0.39, 0.29) is 0 Å². The molecule has 0 amide bonds. The minimum absolute atomic E-state index is 0.844. The Morgan fingerprint density at radius 3 is 3.21 bits per heavy atom. The number of nitrogens with zero attached hydrogens (tertiary/aromatic N) is 2. The van der Waals surface area contributed by atoms with E-state index in [0.29, 0.717) is 0 Å². The molecule has 78 valence electrons. The van der Waals surface area contributed by atoms with Crippen LogP contribution in [0.15, 0.2) is 0 Å². The van der Waals surface area contributed by atoms with Crippen molar-refractivity contribution in [3.63, 3.8) is 0 Å². The molecule has 2 N–H and O–H groups in total. The zero-order valence-corrected chi connectivity index (χ0v) is 9.23. The topological polar surface area (TPSA) is 49.8 Å². The molecule has 1 aromatic rings. The Morgan fingerprint density at radius 1 is 1.64 bits per heavy atom. The average molecular weight is 212 g/mol. The van der Waals surface area contributed by atoms with Gasteiger partial charge in [-0.15, -0.1) is 0 Å². The summed E-state index contributed by atoms with van der Waals surface area (Å²) in [6.45, 7) is 5.29. The highest BCUT2D eigenvalue weighted by molar-refractivity contribution is 7.09. The first-order valence-corrected chi connectivity index (χ1v) is 5.87. The van der Waals surface area contributed by atoms with Gasteiger partial charge in [0.25, 0.3) is 0 Å². The van der Waals surface area contributed by atoms with Gasteiger partial charge >= 0.3 is 0 Å². The number of aromatic nitrogens is 2. The van der Waals surface area contributed by atoms with Gasteiger partial charge in [0.15, 0.2) is 0 Å². The summed E-state index contributed by atoms with van der Waals surface area (Å²) in [5.41, 5.74) is 0. The highest BCUT2D eigenvalue weighted by atomic mass is 32.1. The fourth-order valence-corrected chi connectivity index (χ4v) is 2.31. The molecule has 2 rings (SSSR count). The molecule has 1 aromatic heterocycles. The third-order valence-corrected chi connectivity index (χ3v) is 3.28. The number of hydrogen-bond donors (Lipinski definition) is 2. The van der Waals surface area contributed by atoms with E-state index >= 15 is 0 Å². The molecule has 1 fully saturated rings. The van der Waals surface area contributed by atoms with Crippen LogP contribution in [0.2, 0.25) is 0 Å². The van der Waals surface area contributed by atoms with Gasteiger partial charge in [-0.25, -0.2) is 4.98 Å². The molecule has 0 saturated carbocycles. The van der Waals surface area contributed by atoms with E-state index in [2.05, 4.69) is 20.0 Å². The van der Waals surface area contributed by atoms with E-state index < -0.39 is 0 Å². The predicted molar refractivity (Wildman–Crippen MR) is 58.7 cm³/mol. The zero-order chi connectivity index (χ0) is 9.80. The average Bonchev–Trinajstić information content (AvgIpc) is 2.77. The van der Waals surface area contributed by atoms with Crippen LogP contribution in [0.1, 0.15) is 18.7 Å². The van der Waals surface area contributed by atoms with Crippen LogP contribution in [0.3, 0.4) is 0 Å². The van der Waals surface area contributed by atoms with Gasteiger partial charge in [-0.1, -0.05) is 0 Å². The lowest BCUT2D eigenvalue weighted by Crippen LogP contribution is -2.12. The first-order chi connectivity index (χ1) is 6.84. The van der Waals surface area contributed by atoms with Gasteiger partial charge in [0.2, 0.25) is 5.13 Å². The lowest BCUT2D eigenvalue weighted by Gasteiger charge is -2.07. The summed E-state index contributed by atoms with van der Waals surface area (Å²) < 4.78 is 4.12. The quantitative estimate of drug-likeness (QED) is 0.789. The highest BCUT2D eigenvalue weighted by Crippen LogP contribution is 2.14. The van der Waals surface area contributed by atoms with E-state index in [1.807, 2.05) is 6.92 Å². The number of nitrogens with one attached hydrogen (secondary N) is 2. The monoisotopic (exact) mass is 212 g/mol. The summed E-state index contributed by atoms with van der Waals surface area (Å²) in [7, 11) is 0. The summed E-state index contributed by atoms with van der Waals surface area (Å²) in [4.78, 5) is 4.26. The first-order valence-electron chi connectivity index (χ1n) is 5.09. The summed E-state index contributed by atoms with van der Waals surface area (Å²) in [5.74, 6) is 1.71. The van der Waals surface area contributed by atoms with Gasteiger partial charge < -0.3 is 10.6 Å². The predicted octanol–water partition coefficient (Wildman–Crippen LogP) is 1.26. The molecule has 1 unspecified atom stereocenters. The van der Waals surface area contributed by atoms with Crippen molar-refractivity contribution in [3.8, 4) is 0 Å². The van der Waals surface area contributed by atoms with Gasteiger partial charge in [-0.3, -0.25) is 0 Å². The first kappa shape index (κ1) is 9.86. The zero-order valence-electron chi connectivity index (χ0n) is 8.42. The number of hydrogen-bond acceptors (Lipinski definition) is 5.